The lowest BCUT2D eigenvalue weighted by Crippen LogP contribution is -2.26. The second kappa shape index (κ2) is 4.32. The van der Waals surface area contributed by atoms with E-state index >= 15 is 0 Å². The van der Waals surface area contributed by atoms with Crippen LogP contribution in [0.5, 0.6) is 0 Å². The predicted octanol–water partition coefficient (Wildman–Crippen LogP) is 1.85. The van der Waals surface area contributed by atoms with Gasteiger partial charge in [0.1, 0.15) is 0 Å². The smallest absolute Gasteiger partial charge is 0.232 e. The molecule has 0 bridgehead atoms. The summed E-state index contributed by atoms with van der Waals surface area (Å²) in [7, 11) is 1.56. The highest BCUT2D eigenvalue weighted by Crippen LogP contribution is 2.23. The van der Waals surface area contributed by atoms with E-state index in [0.717, 1.165) is 5.56 Å². The molecule has 0 saturated carbocycles. The van der Waals surface area contributed by atoms with Gasteiger partial charge in [-0.15, -0.1) is 0 Å². The first-order chi connectivity index (χ1) is 7.99. The molecule has 2 rings (SSSR count). The summed E-state index contributed by atoms with van der Waals surface area (Å²) < 4.78 is 0. The van der Waals surface area contributed by atoms with E-state index in [1.807, 2.05) is 6.07 Å². The number of nitrogens with zero attached hydrogens (tertiary/aromatic N) is 1. The summed E-state index contributed by atoms with van der Waals surface area (Å²) in [6.45, 7) is 4.13. The van der Waals surface area contributed by atoms with Crippen molar-refractivity contribution >= 4 is 11.8 Å². The molecule has 1 aromatic carbocycles. The fraction of sp³-hybridized carbons (Fsp3) is 0.429. The Kier molecular flexibility index (Phi) is 3.01. The maximum Gasteiger partial charge on any atom is 0.232 e. The highest BCUT2D eigenvalue weighted by Gasteiger charge is 2.35. The van der Waals surface area contributed by atoms with Crippen LogP contribution in [-0.4, -0.2) is 23.8 Å². The van der Waals surface area contributed by atoms with E-state index in [4.69, 9.17) is 0 Å². The molecule has 3 nitrogen and oxygen atoms in total. The van der Waals surface area contributed by atoms with Crippen LogP contribution in [0.3, 0.4) is 0 Å². The molecule has 17 heavy (non-hydrogen) atoms. The van der Waals surface area contributed by atoms with Gasteiger partial charge >= 0.3 is 0 Å². The molecule has 1 aromatic rings. The lowest BCUT2D eigenvalue weighted by atomic mass is 9.95. The summed E-state index contributed by atoms with van der Waals surface area (Å²) in [6, 6.07) is 6.21. The zero-order valence-electron chi connectivity index (χ0n) is 10.5. The Morgan fingerprint density at radius 1 is 1.24 bits per heavy atom. The van der Waals surface area contributed by atoms with Crippen molar-refractivity contribution in [2.45, 2.75) is 26.7 Å². The molecule has 1 saturated heterocycles. The molecule has 0 aliphatic carbocycles. The summed E-state index contributed by atoms with van der Waals surface area (Å²) in [5.74, 6) is -0.285. The fourth-order valence-corrected chi connectivity index (χ4v) is 2.21. The Hall–Kier alpha value is -1.64. The molecule has 0 spiro atoms. The van der Waals surface area contributed by atoms with Crippen molar-refractivity contribution < 1.29 is 9.59 Å². The summed E-state index contributed by atoms with van der Waals surface area (Å²) in [4.78, 5) is 24.4. The first-order valence-corrected chi connectivity index (χ1v) is 5.85. The van der Waals surface area contributed by atoms with Crippen LogP contribution in [0.25, 0.3) is 0 Å². The van der Waals surface area contributed by atoms with Crippen LogP contribution in [0.4, 0.5) is 0 Å². The average molecular weight is 231 g/mol. The largest absolute Gasteiger partial charge is 0.285 e. The highest BCUT2D eigenvalue weighted by molar-refractivity contribution is 6.03. The quantitative estimate of drug-likeness (QED) is 0.728. The maximum absolute atomic E-state index is 11.8. The van der Waals surface area contributed by atoms with Crippen LogP contribution in [-0.2, 0) is 16.0 Å². The van der Waals surface area contributed by atoms with Crippen LogP contribution in [0.2, 0.25) is 0 Å². The molecule has 0 aromatic heterocycles. The zero-order chi connectivity index (χ0) is 12.6. The van der Waals surface area contributed by atoms with E-state index in [2.05, 4.69) is 26.0 Å². The van der Waals surface area contributed by atoms with Gasteiger partial charge in [0.05, 0.1) is 5.92 Å². The molecule has 1 fully saturated rings. The SMILES string of the molecule is Cc1ccc(CC2CC(=O)N(C)C2=O)cc1C. The fourth-order valence-electron chi connectivity index (χ4n) is 2.21. The van der Waals surface area contributed by atoms with Crippen molar-refractivity contribution in [1.82, 2.24) is 4.90 Å². The number of amides is 2. The van der Waals surface area contributed by atoms with Crippen molar-refractivity contribution in [2.75, 3.05) is 7.05 Å². The van der Waals surface area contributed by atoms with Gasteiger partial charge in [-0.25, -0.2) is 0 Å². The number of hydrogen-bond acceptors (Lipinski definition) is 2. The molecule has 3 heteroatoms. The van der Waals surface area contributed by atoms with E-state index in [1.165, 1.54) is 16.0 Å². The van der Waals surface area contributed by atoms with Gasteiger partial charge in [-0.05, 0) is 37.0 Å². The number of likely N-dealkylation sites (tertiary alicyclic amines) is 1. The first kappa shape index (κ1) is 11.8. The van der Waals surface area contributed by atoms with Gasteiger partial charge in [0.2, 0.25) is 11.8 Å². The zero-order valence-corrected chi connectivity index (χ0v) is 10.5. The minimum atomic E-state index is -0.172. The molecular formula is C14H17NO2. The van der Waals surface area contributed by atoms with Crippen LogP contribution < -0.4 is 0 Å². The molecule has 0 radical (unpaired) electrons. The Morgan fingerprint density at radius 2 is 1.94 bits per heavy atom. The predicted molar refractivity (Wildman–Crippen MR) is 65.5 cm³/mol. The number of carbonyl (C=O) groups excluding carboxylic acids is 2. The van der Waals surface area contributed by atoms with Crippen molar-refractivity contribution in [1.29, 1.82) is 0 Å². The molecule has 1 unspecified atom stereocenters. The number of carbonyl (C=O) groups is 2. The van der Waals surface area contributed by atoms with Gasteiger partial charge in [0, 0.05) is 13.5 Å². The normalized spacial score (nSPS) is 20.2. The van der Waals surface area contributed by atoms with E-state index in [1.54, 1.807) is 7.05 Å². The number of hydrogen-bond donors (Lipinski definition) is 0. The van der Waals surface area contributed by atoms with Crippen LogP contribution in [0.15, 0.2) is 18.2 Å². The van der Waals surface area contributed by atoms with Crippen molar-refractivity contribution in [3.63, 3.8) is 0 Å². The van der Waals surface area contributed by atoms with Crippen LogP contribution in [0.1, 0.15) is 23.1 Å². The summed E-state index contributed by atoms with van der Waals surface area (Å²) in [6.07, 6.45) is 1.01. The van der Waals surface area contributed by atoms with Gasteiger partial charge < -0.3 is 0 Å². The van der Waals surface area contributed by atoms with E-state index in [-0.39, 0.29) is 17.7 Å². The van der Waals surface area contributed by atoms with Crippen molar-refractivity contribution in [3.05, 3.63) is 34.9 Å². The lowest BCUT2D eigenvalue weighted by molar-refractivity contribution is -0.137. The van der Waals surface area contributed by atoms with Gasteiger partial charge in [0.15, 0.2) is 0 Å². The first-order valence-electron chi connectivity index (χ1n) is 5.85. The Bertz CT molecular complexity index is 479. The lowest BCUT2D eigenvalue weighted by Gasteiger charge is -2.10. The van der Waals surface area contributed by atoms with E-state index in [0.29, 0.717) is 12.8 Å². The minimum absolute atomic E-state index is 0.0479. The topological polar surface area (TPSA) is 37.4 Å². The minimum Gasteiger partial charge on any atom is -0.285 e. The van der Waals surface area contributed by atoms with Crippen LogP contribution in [0, 0.1) is 19.8 Å². The molecule has 0 N–H and O–H groups in total. The van der Waals surface area contributed by atoms with Crippen molar-refractivity contribution in [2.24, 2.45) is 5.92 Å². The average Bonchev–Trinajstić information content (AvgIpc) is 2.52. The monoisotopic (exact) mass is 231 g/mol. The maximum atomic E-state index is 11.8. The van der Waals surface area contributed by atoms with E-state index in [9.17, 15) is 9.59 Å². The van der Waals surface area contributed by atoms with Gasteiger partial charge in [-0.3, -0.25) is 14.5 Å². The number of benzene rings is 1. The molecule has 1 aliphatic heterocycles. The molecular weight excluding hydrogens is 214 g/mol. The second-order valence-corrected chi connectivity index (χ2v) is 4.81. The standard InChI is InChI=1S/C14H17NO2/c1-9-4-5-11(6-10(9)2)7-12-8-13(16)15(3)14(12)17/h4-6,12H,7-8H2,1-3H3. The third-order valence-corrected chi connectivity index (χ3v) is 3.53. The Morgan fingerprint density at radius 3 is 2.47 bits per heavy atom. The van der Waals surface area contributed by atoms with Crippen LogP contribution >= 0.6 is 0 Å². The van der Waals surface area contributed by atoms with E-state index < -0.39 is 0 Å². The number of aryl methyl sites for hydroxylation is 2. The van der Waals surface area contributed by atoms with Gasteiger partial charge in [0.25, 0.3) is 0 Å². The molecule has 2 amide bonds. The highest BCUT2D eigenvalue weighted by atomic mass is 16.2. The van der Waals surface area contributed by atoms with Gasteiger partial charge in [-0.2, -0.15) is 0 Å². The summed E-state index contributed by atoms with van der Waals surface area (Å²) >= 11 is 0. The number of rotatable bonds is 2. The van der Waals surface area contributed by atoms with Crippen molar-refractivity contribution in [3.8, 4) is 0 Å². The molecule has 90 valence electrons. The summed E-state index contributed by atoms with van der Waals surface area (Å²) in [5, 5.41) is 0. The molecule has 1 aliphatic rings. The second-order valence-electron chi connectivity index (χ2n) is 4.81. The molecule has 1 heterocycles. The Labute approximate surface area is 101 Å². The Balaban J connectivity index is 2.14. The van der Waals surface area contributed by atoms with Gasteiger partial charge in [-0.1, -0.05) is 18.2 Å². The molecule has 1 atom stereocenters. The summed E-state index contributed by atoms with van der Waals surface area (Å²) in [5.41, 5.74) is 3.61. The third-order valence-electron chi connectivity index (χ3n) is 3.53. The number of imide groups is 1. The third kappa shape index (κ3) is 2.23.